The molecule has 0 atom stereocenters. The summed E-state index contributed by atoms with van der Waals surface area (Å²) in [5, 5.41) is 10.7. The molecule has 1 aromatic heterocycles. The second-order valence-electron chi connectivity index (χ2n) is 3.82. The number of nitrogen functional groups attached to an aromatic ring is 1. The van der Waals surface area contributed by atoms with Crippen molar-refractivity contribution in [1.29, 1.82) is 0 Å². The van der Waals surface area contributed by atoms with Crippen LogP contribution in [0.25, 0.3) is 0 Å². The van der Waals surface area contributed by atoms with Gasteiger partial charge in [0.1, 0.15) is 5.82 Å². The van der Waals surface area contributed by atoms with Crippen molar-refractivity contribution in [3.63, 3.8) is 0 Å². The predicted octanol–water partition coefficient (Wildman–Crippen LogP) is 0.902. The standard InChI is InChI=1S/C10H16N4O3/c1-13(2)6-3-7-17-10-8(14(15)16)4-5-9(11)12-10/h4-5H,3,6-7H2,1-2H3,(H2,11,12). The van der Waals surface area contributed by atoms with Gasteiger partial charge >= 0.3 is 5.69 Å². The molecular formula is C10H16N4O3. The zero-order valence-electron chi connectivity index (χ0n) is 9.92. The molecule has 17 heavy (non-hydrogen) atoms. The van der Waals surface area contributed by atoms with Gasteiger partial charge in [0.25, 0.3) is 5.88 Å². The molecular weight excluding hydrogens is 224 g/mol. The summed E-state index contributed by atoms with van der Waals surface area (Å²) in [5.41, 5.74) is 5.30. The predicted molar refractivity (Wildman–Crippen MR) is 64.0 cm³/mol. The van der Waals surface area contributed by atoms with Crippen LogP contribution in [-0.4, -0.2) is 42.1 Å². The van der Waals surface area contributed by atoms with E-state index >= 15 is 0 Å². The number of nitro groups is 1. The summed E-state index contributed by atoms with van der Waals surface area (Å²) in [6.45, 7) is 1.21. The van der Waals surface area contributed by atoms with Crippen molar-refractivity contribution in [2.45, 2.75) is 6.42 Å². The van der Waals surface area contributed by atoms with Gasteiger partial charge in [0.2, 0.25) is 0 Å². The monoisotopic (exact) mass is 240 g/mol. The van der Waals surface area contributed by atoms with E-state index in [4.69, 9.17) is 10.5 Å². The number of nitrogens with two attached hydrogens (primary N) is 1. The van der Waals surface area contributed by atoms with Gasteiger partial charge in [0.05, 0.1) is 11.5 Å². The van der Waals surface area contributed by atoms with E-state index in [1.54, 1.807) is 0 Å². The Morgan fingerprint density at radius 3 is 2.82 bits per heavy atom. The number of rotatable bonds is 6. The lowest BCUT2D eigenvalue weighted by molar-refractivity contribution is -0.386. The van der Waals surface area contributed by atoms with Crippen LogP contribution in [0, 0.1) is 10.1 Å². The molecule has 1 aromatic rings. The number of nitrogens with zero attached hydrogens (tertiary/aromatic N) is 3. The van der Waals surface area contributed by atoms with Crippen molar-refractivity contribution in [1.82, 2.24) is 9.88 Å². The highest BCUT2D eigenvalue weighted by Gasteiger charge is 2.16. The van der Waals surface area contributed by atoms with Crippen LogP contribution in [-0.2, 0) is 0 Å². The number of pyridine rings is 1. The Kier molecular flexibility index (Phi) is 4.65. The molecule has 0 unspecified atom stereocenters. The van der Waals surface area contributed by atoms with E-state index in [0.717, 1.165) is 13.0 Å². The quantitative estimate of drug-likeness (QED) is 0.451. The van der Waals surface area contributed by atoms with Crippen LogP contribution in [0.3, 0.4) is 0 Å². The summed E-state index contributed by atoms with van der Waals surface area (Å²) >= 11 is 0. The van der Waals surface area contributed by atoms with Gasteiger partial charge in [-0.15, -0.1) is 0 Å². The Morgan fingerprint density at radius 1 is 1.53 bits per heavy atom. The first-order chi connectivity index (χ1) is 8.00. The summed E-state index contributed by atoms with van der Waals surface area (Å²) in [5.74, 6) is 0.187. The first-order valence-corrected chi connectivity index (χ1v) is 5.19. The third-order valence-corrected chi connectivity index (χ3v) is 2.05. The average molecular weight is 240 g/mol. The molecule has 0 saturated heterocycles. The van der Waals surface area contributed by atoms with E-state index in [9.17, 15) is 10.1 Å². The van der Waals surface area contributed by atoms with Gasteiger partial charge < -0.3 is 15.4 Å². The molecule has 7 nitrogen and oxygen atoms in total. The number of ether oxygens (including phenoxy) is 1. The number of aromatic nitrogens is 1. The largest absolute Gasteiger partial charge is 0.473 e. The highest BCUT2D eigenvalue weighted by atomic mass is 16.6. The minimum Gasteiger partial charge on any atom is -0.473 e. The van der Waals surface area contributed by atoms with E-state index < -0.39 is 4.92 Å². The molecule has 0 aliphatic heterocycles. The van der Waals surface area contributed by atoms with E-state index in [1.165, 1.54) is 12.1 Å². The zero-order chi connectivity index (χ0) is 12.8. The molecule has 0 spiro atoms. The fourth-order valence-electron chi connectivity index (χ4n) is 1.24. The van der Waals surface area contributed by atoms with Gasteiger partial charge in [0, 0.05) is 12.6 Å². The van der Waals surface area contributed by atoms with Crippen LogP contribution >= 0.6 is 0 Å². The Hall–Kier alpha value is -1.89. The van der Waals surface area contributed by atoms with Crippen LogP contribution in [0.2, 0.25) is 0 Å². The molecule has 0 saturated carbocycles. The normalized spacial score (nSPS) is 10.5. The molecule has 0 bridgehead atoms. The number of hydrogen-bond donors (Lipinski definition) is 1. The highest BCUT2D eigenvalue weighted by Crippen LogP contribution is 2.25. The third kappa shape index (κ3) is 4.23. The fraction of sp³-hybridized carbons (Fsp3) is 0.500. The van der Waals surface area contributed by atoms with Gasteiger partial charge in [-0.2, -0.15) is 4.98 Å². The van der Waals surface area contributed by atoms with Crippen molar-refractivity contribution in [2.24, 2.45) is 0 Å². The lowest BCUT2D eigenvalue weighted by Gasteiger charge is -2.10. The summed E-state index contributed by atoms with van der Waals surface area (Å²) in [7, 11) is 3.89. The van der Waals surface area contributed by atoms with Crippen LogP contribution in [0.5, 0.6) is 5.88 Å². The van der Waals surface area contributed by atoms with Gasteiger partial charge in [-0.3, -0.25) is 10.1 Å². The Morgan fingerprint density at radius 2 is 2.24 bits per heavy atom. The topological polar surface area (TPSA) is 94.5 Å². The third-order valence-electron chi connectivity index (χ3n) is 2.05. The first kappa shape index (κ1) is 13.2. The number of anilines is 1. The van der Waals surface area contributed by atoms with E-state index in [2.05, 4.69) is 4.98 Å². The second kappa shape index (κ2) is 6.00. The Bertz CT molecular complexity index is 395. The SMILES string of the molecule is CN(C)CCCOc1nc(N)ccc1[N+](=O)[O-]. The van der Waals surface area contributed by atoms with Crippen LogP contribution in [0.1, 0.15) is 6.42 Å². The summed E-state index contributed by atoms with van der Waals surface area (Å²) in [6, 6.07) is 2.68. The summed E-state index contributed by atoms with van der Waals surface area (Å²) in [6.07, 6.45) is 0.765. The molecule has 7 heteroatoms. The zero-order valence-corrected chi connectivity index (χ0v) is 9.92. The maximum absolute atomic E-state index is 10.7. The minimum absolute atomic E-state index is 0.0197. The Balaban J connectivity index is 2.62. The fourth-order valence-corrected chi connectivity index (χ4v) is 1.24. The summed E-state index contributed by atoms with van der Waals surface area (Å²) in [4.78, 5) is 16.0. The van der Waals surface area contributed by atoms with E-state index in [1.807, 2.05) is 19.0 Å². The Labute approximate surface area is 99.3 Å². The van der Waals surface area contributed by atoms with Crippen molar-refractivity contribution >= 4 is 11.5 Å². The first-order valence-electron chi connectivity index (χ1n) is 5.19. The van der Waals surface area contributed by atoms with Gasteiger partial charge in [0.15, 0.2) is 0 Å². The molecule has 0 fully saturated rings. The molecule has 0 radical (unpaired) electrons. The minimum atomic E-state index is -0.534. The van der Waals surface area contributed by atoms with Crippen LogP contribution in [0.4, 0.5) is 11.5 Å². The van der Waals surface area contributed by atoms with Gasteiger partial charge in [-0.25, -0.2) is 0 Å². The molecule has 0 aliphatic rings. The summed E-state index contributed by atoms with van der Waals surface area (Å²) < 4.78 is 5.27. The van der Waals surface area contributed by atoms with E-state index in [-0.39, 0.29) is 17.4 Å². The lowest BCUT2D eigenvalue weighted by Crippen LogP contribution is -2.16. The maximum Gasteiger partial charge on any atom is 0.331 e. The van der Waals surface area contributed by atoms with Gasteiger partial charge in [-0.05, 0) is 26.6 Å². The van der Waals surface area contributed by atoms with Gasteiger partial charge in [-0.1, -0.05) is 0 Å². The maximum atomic E-state index is 10.7. The molecule has 1 heterocycles. The second-order valence-corrected chi connectivity index (χ2v) is 3.82. The van der Waals surface area contributed by atoms with Crippen molar-refractivity contribution in [3.05, 3.63) is 22.2 Å². The van der Waals surface area contributed by atoms with E-state index in [0.29, 0.717) is 6.61 Å². The van der Waals surface area contributed by atoms with Crippen LogP contribution < -0.4 is 10.5 Å². The van der Waals surface area contributed by atoms with Crippen molar-refractivity contribution in [2.75, 3.05) is 33.0 Å². The van der Waals surface area contributed by atoms with Crippen molar-refractivity contribution in [3.8, 4) is 5.88 Å². The van der Waals surface area contributed by atoms with Crippen molar-refractivity contribution < 1.29 is 9.66 Å². The lowest BCUT2D eigenvalue weighted by atomic mass is 10.4. The molecule has 0 aromatic carbocycles. The average Bonchev–Trinajstić information content (AvgIpc) is 2.23. The smallest absolute Gasteiger partial charge is 0.331 e. The molecule has 1 rings (SSSR count). The molecule has 94 valence electrons. The molecule has 0 amide bonds. The molecule has 0 aliphatic carbocycles. The molecule has 2 N–H and O–H groups in total. The highest BCUT2D eigenvalue weighted by molar-refractivity contribution is 5.46. The van der Waals surface area contributed by atoms with Crippen LogP contribution in [0.15, 0.2) is 12.1 Å². The number of hydrogen-bond acceptors (Lipinski definition) is 6.